The molecule has 0 bridgehead atoms. The van der Waals surface area contributed by atoms with Gasteiger partial charge in [-0.15, -0.1) is 10.2 Å². The molecule has 1 aliphatic rings. The predicted octanol–water partition coefficient (Wildman–Crippen LogP) is 2.23. The molecule has 0 radical (unpaired) electrons. The Bertz CT molecular complexity index is 769. The van der Waals surface area contributed by atoms with E-state index in [2.05, 4.69) is 15.5 Å². The highest BCUT2D eigenvalue weighted by atomic mass is 19.1. The van der Waals surface area contributed by atoms with E-state index in [4.69, 9.17) is 9.15 Å². The van der Waals surface area contributed by atoms with Crippen LogP contribution in [0.3, 0.4) is 0 Å². The molecule has 0 saturated carbocycles. The molecule has 8 nitrogen and oxygen atoms in total. The average molecular weight is 362 g/mol. The number of halogens is 1. The molecule has 1 saturated heterocycles. The second-order valence-electron chi connectivity index (χ2n) is 5.85. The first-order valence-electron chi connectivity index (χ1n) is 8.39. The maximum absolute atomic E-state index is 13.0. The molecule has 1 fully saturated rings. The van der Waals surface area contributed by atoms with E-state index in [-0.39, 0.29) is 29.7 Å². The number of carbonyl (C=O) groups excluding carboxylic acids is 2. The highest BCUT2D eigenvalue weighted by Gasteiger charge is 2.26. The van der Waals surface area contributed by atoms with Crippen molar-refractivity contribution in [2.24, 2.45) is 0 Å². The number of benzene rings is 1. The summed E-state index contributed by atoms with van der Waals surface area (Å²) in [6.07, 6.45) is 0.894. The van der Waals surface area contributed by atoms with Crippen molar-refractivity contribution in [2.75, 3.05) is 19.7 Å². The zero-order chi connectivity index (χ0) is 18.5. The van der Waals surface area contributed by atoms with Gasteiger partial charge in [0.2, 0.25) is 5.89 Å². The highest BCUT2D eigenvalue weighted by Crippen LogP contribution is 2.18. The quantitative estimate of drug-likeness (QED) is 0.896. The Morgan fingerprint density at radius 3 is 2.62 bits per heavy atom. The molecule has 138 valence electrons. The van der Waals surface area contributed by atoms with E-state index in [1.807, 2.05) is 0 Å². The number of amides is 2. The van der Waals surface area contributed by atoms with Gasteiger partial charge in [-0.3, -0.25) is 4.79 Å². The van der Waals surface area contributed by atoms with E-state index in [9.17, 15) is 14.0 Å². The smallest absolute Gasteiger partial charge is 0.409 e. The number of likely N-dealkylation sites (tertiary alicyclic amines) is 1. The normalized spacial score (nSPS) is 14.9. The molecule has 2 aromatic rings. The summed E-state index contributed by atoms with van der Waals surface area (Å²) in [5.74, 6) is -0.856. The number of nitrogens with one attached hydrogen (secondary N) is 1. The molecule has 26 heavy (non-hydrogen) atoms. The molecule has 1 N–H and O–H groups in total. The number of rotatable bonds is 4. The first kappa shape index (κ1) is 17.8. The molecular formula is C17H19FN4O4. The van der Waals surface area contributed by atoms with Crippen LogP contribution in [-0.4, -0.2) is 52.8 Å². The van der Waals surface area contributed by atoms with Crippen molar-refractivity contribution in [3.63, 3.8) is 0 Å². The fraction of sp³-hybridized carbons (Fsp3) is 0.412. The van der Waals surface area contributed by atoms with Crippen LogP contribution < -0.4 is 5.32 Å². The second kappa shape index (κ2) is 7.94. The van der Waals surface area contributed by atoms with Gasteiger partial charge in [-0.25, -0.2) is 9.18 Å². The first-order chi connectivity index (χ1) is 12.6. The SMILES string of the molecule is CCOC(=O)N1CCC(NC(=O)c2nnc(-c3ccc(F)cc3)o2)CC1. The van der Waals surface area contributed by atoms with Crippen LogP contribution in [0.1, 0.15) is 30.5 Å². The summed E-state index contributed by atoms with van der Waals surface area (Å²) in [4.78, 5) is 25.5. The van der Waals surface area contributed by atoms with E-state index in [0.29, 0.717) is 38.1 Å². The van der Waals surface area contributed by atoms with Crippen molar-refractivity contribution < 1.29 is 23.1 Å². The Morgan fingerprint density at radius 2 is 1.96 bits per heavy atom. The van der Waals surface area contributed by atoms with Gasteiger partial charge in [-0.1, -0.05) is 0 Å². The van der Waals surface area contributed by atoms with Crippen molar-refractivity contribution in [1.29, 1.82) is 0 Å². The first-order valence-corrected chi connectivity index (χ1v) is 8.39. The fourth-order valence-corrected chi connectivity index (χ4v) is 2.69. The minimum atomic E-state index is -0.472. The molecule has 1 aromatic heterocycles. The number of carbonyl (C=O) groups is 2. The van der Waals surface area contributed by atoms with Gasteiger partial charge in [0, 0.05) is 24.7 Å². The van der Waals surface area contributed by atoms with Crippen molar-refractivity contribution in [3.05, 3.63) is 36.0 Å². The number of piperidine rings is 1. The second-order valence-corrected chi connectivity index (χ2v) is 5.85. The van der Waals surface area contributed by atoms with Crippen molar-refractivity contribution in [1.82, 2.24) is 20.4 Å². The third-order valence-corrected chi connectivity index (χ3v) is 4.07. The summed E-state index contributed by atoms with van der Waals surface area (Å²) < 4.78 is 23.3. The standard InChI is InChI=1S/C17H19FN4O4/c1-2-25-17(24)22-9-7-13(8-10-22)19-14(23)16-21-20-15(26-16)11-3-5-12(18)6-4-11/h3-6,13H,2,7-10H2,1H3,(H,19,23). The van der Waals surface area contributed by atoms with Gasteiger partial charge in [0.05, 0.1) is 6.61 Å². The Balaban J connectivity index is 1.55. The summed E-state index contributed by atoms with van der Waals surface area (Å²) in [6.45, 7) is 3.11. The number of ether oxygens (including phenoxy) is 1. The lowest BCUT2D eigenvalue weighted by Gasteiger charge is -2.31. The molecule has 9 heteroatoms. The molecule has 0 atom stereocenters. The Labute approximate surface area is 149 Å². The van der Waals surface area contributed by atoms with Crippen molar-refractivity contribution in [3.8, 4) is 11.5 Å². The molecular weight excluding hydrogens is 343 g/mol. The molecule has 0 aliphatic carbocycles. The molecule has 3 rings (SSSR count). The van der Waals surface area contributed by atoms with Crippen LogP contribution in [0.25, 0.3) is 11.5 Å². The third kappa shape index (κ3) is 4.16. The number of nitrogens with zero attached hydrogens (tertiary/aromatic N) is 3. The minimum absolute atomic E-state index is 0.0886. The topological polar surface area (TPSA) is 97.6 Å². The molecule has 1 aliphatic heterocycles. The number of hydrogen-bond acceptors (Lipinski definition) is 6. The summed E-state index contributed by atoms with van der Waals surface area (Å²) in [5, 5.41) is 10.4. The summed E-state index contributed by atoms with van der Waals surface area (Å²) in [6, 6.07) is 5.45. The van der Waals surface area contributed by atoms with Crippen LogP contribution in [0.2, 0.25) is 0 Å². The number of hydrogen-bond donors (Lipinski definition) is 1. The van der Waals surface area contributed by atoms with Crippen LogP contribution in [0.15, 0.2) is 28.7 Å². The minimum Gasteiger partial charge on any atom is -0.450 e. The predicted molar refractivity (Wildman–Crippen MR) is 88.8 cm³/mol. The molecule has 2 heterocycles. The van der Waals surface area contributed by atoms with Gasteiger partial charge in [0.1, 0.15) is 5.82 Å². The van der Waals surface area contributed by atoms with Gasteiger partial charge in [0.15, 0.2) is 0 Å². The maximum atomic E-state index is 13.0. The van der Waals surface area contributed by atoms with Gasteiger partial charge < -0.3 is 19.4 Å². The van der Waals surface area contributed by atoms with Crippen molar-refractivity contribution in [2.45, 2.75) is 25.8 Å². The average Bonchev–Trinajstić information content (AvgIpc) is 3.13. The summed E-state index contributed by atoms with van der Waals surface area (Å²) in [7, 11) is 0. The Hall–Kier alpha value is -2.97. The zero-order valence-electron chi connectivity index (χ0n) is 14.3. The maximum Gasteiger partial charge on any atom is 0.409 e. The lowest BCUT2D eigenvalue weighted by molar-refractivity contribution is 0.0836. The van der Waals surface area contributed by atoms with Crippen LogP contribution in [0.4, 0.5) is 9.18 Å². The lowest BCUT2D eigenvalue weighted by Crippen LogP contribution is -2.46. The van der Waals surface area contributed by atoms with Gasteiger partial charge >= 0.3 is 17.9 Å². The number of aromatic nitrogens is 2. The van der Waals surface area contributed by atoms with Crippen LogP contribution >= 0.6 is 0 Å². The molecule has 0 spiro atoms. The van der Waals surface area contributed by atoms with Gasteiger partial charge in [-0.2, -0.15) is 0 Å². The molecule has 0 unspecified atom stereocenters. The third-order valence-electron chi connectivity index (χ3n) is 4.07. The van der Waals surface area contributed by atoms with Crippen molar-refractivity contribution >= 4 is 12.0 Å². The van der Waals surface area contributed by atoms with Crippen LogP contribution in [0.5, 0.6) is 0 Å². The fourth-order valence-electron chi connectivity index (χ4n) is 2.69. The van der Waals surface area contributed by atoms with Gasteiger partial charge in [-0.05, 0) is 44.0 Å². The summed E-state index contributed by atoms with van der Waals surface area (Å²) in [5.41, 5.74) is 0.528. The molecule has 2 amide bonds. The van der Waals surface area contributed by atoms with Gasteiger partial charge in [0.25, 0.3) is 0 Å². The Morgan fingerprint density at radius 1 is 1.27 bits per heavy atom. The Kier molecular flexibility index (Phi) is 5.45. The van der Waals surface area contributed by atoms with Crippen LogP contribution in [-0.2, 0) is 4.74 Å². The van der Waals surface area contributed by atoms with E-state index in [0.717, 1.165) is 0 Å². The van der Waals surface area contributed by atoms with E-state index < -0.39 is 5.91 Å². The van der Waals surface area contributed by atoms with E-state index >= 15 is 0 Å². The molecule has 1 aromatic carbocycles. The monoisotopic (exact) mass is 362 g/mol. The van der Waals surface area contributed by atoms with E-state index in [1.54, 1.807) is 11.8 Å². The summed E-state index contributed by atoms with van der Waals surface area (Å²) >= 11 is 0. The van der Waals surface area contributed by atoms with Crippen LogP contribution in [0, 0.1) is 5.82 Å². The highest BCUT2D eigenvalue weighted by molar-refractivity contribution is 5.89. The largest absolute Gasteiger partial charge is 0.450 e. The lowest BCUT2D eigenvalue weighted by atomic mass is 10.1. The zero-order valence-corrected chi connectivity index (χ0v) is 14.3. The van der Waals surface area contributed by atoms with E-state index in [1.165, 1.54) is 24.3 Å².